The Labute approximate surface area is 145 Å². The van der Waals surface area contributed by atoms with E-state index in [1.165, 1.54) is 0 Å². The topological polar surface area (TPSA) is 87.1 Å². The summed E-state index contributed by atoms with van der Waals surface area (Å²) >= 11 is 0. The molecular formula is C18H17N5O2. The maximum Gasteiger partial charge on any atom is 0.327 e. The number of benzene rings is 1. The summed E-state index contributed by atoms with van der Waals surface area (Å²) in [6.45, 7) is 2.13. The third-order valence-corrected chi connectivity index (χ3v) is 3.69. The monoisotopic (exact) mass is 335 g/mol. The average molecular weight is 335 g/mol. The molecule has 126 valence electrons. The molecule has 0 aliphatic heterocycles. The number of nitriles is 1. The molecule has 0 spiro atoms. The summed E-state index contributed by atoms with van der Waals surface area (Å²) in [5, 5.41) is 11.7. The molecule has 25 heavy (non-hydrogen) atoms. The van der Waals surface area contributed by atoms with Crippen molar-refractivity contribution < 1.29 is 9.21 Å². The molecule has 0 saturated carbocycles. The average Bonchev–Trinajstić information content (AvgIpc) is 3.21. The largest absolute Gasteiger partial charge is 0.464 e. The molecule has 2 heterocycles. The van der Waals surface area contributed by atoms with Crippen molar-refractivity contribution in [3.63, 3.8) is 0 Å². The van der Waals surface area contributed by atoms with Crippen LogP contribution in [-0.4, -0.2) is 15.6 Å². The molecule has 0 bridgehead atoms. The fourth-order valence-corrected chi connectivity index (χ4v) is 2.41. The molecule has 1 N–H and O–H groups in total. The highest BCUT2D eigenvalue weighted by Gasteiger charge is 2.20. The normalized spacial score (nSPS) is 10.3. The number of amides is 2. The Kier molecular flexibility index (Phi) is 4.53. The van der Waals surface area contributed by atoms with Crippen LogP contribution in [0.2, 0.25) is 0 Å². The number of rotatable bonds is 4. The van der Waals surface area contributed by atoms with Gasteiger partial charge in [-0.05, 0) is 43.3 Å². The molecular weight excluding hydrogens is 318 g/mol. The van der Waals surface area contributed by atoms with Gasteiger partial charge in [-0.1, -0.05) is 0 Å². The van der Waals surface area contributed by atoms with Crippen LogP contribution < -0.4 is 10.2 Å². The molecule has 0 fully saturated rings. The van der Waals surface area contributed by atoms with E-state index < -0.39 is 0 Å². The maximum absolute atomic E-state index is 12.8. The van der Waals surface area contributed by atoms with Crippen LogP contribution in [0.4, 0.5) is 16.3 Å². The van der Waals surface area contributed by atoms with Crippen LogP contribution in [0.3, 0.4) is 0 Å². The van der Waals surface area contributed by atoms with Gasteiger partial charge in [0, 0.05) is 12.7 Å². The Hall–Kier alpha value is -3.53. The second-order valence-electron chi connectivity index (χ2n) is 5.58. The molecule has 7 heteroatoms. The van der Waals surface area contributed by atoms with Gasteiger partial charge < -0.3 is 14.3 Å². The SMILES string of the molecule is Cc1ccc(CN(C(=O)Nc2ccc(C#N)cc2)c2cncn2C)o1. The van der Waals surface area contributed by atoms with Crippen molar-refractivity contribution in [2.75, 3.05) is 10.2 Å². The van der Waals surface area contributed by atoms with E-state index in [0.717, 1.165) is 5.76 Å². The third-order valence-electron chi connectivity index (χ3n) is 3.69. The fraction of sp³-hybridized carbons (Fsp3) is 0.167. The standard InChI is InChI=1S/C18H17N5O2/c1-13-3-8-16(25-13)11-23(17-10-20-12-22(17)2)18(24)21-15-6-4-14(9-19)5-7-15/h3-8,10,12H,11H2,1-2H3,(H,21,24). The van der Waals surface area contributed by atoms with Crippen LogP contribution in [0.5, 0.6) is 0 Å². The summed E-state index contributed by atoms with van der Waals surface area (Å²) in [6, 6.07) is 12.1. The van der Waals surface area contributed by atoms with Crippen LogP contribution in [0.25, 0.3) is 0 Å². The molecule has 7 nitrogen and oxygen atoms in total. The van der Waals surface area contributed by atoms with Crippen LogP contribution in [-0.2, 0) is 13.6 Å². The fourth-order valence-electron chi connectivity index (χ4n) is 2.41. The minimum Gasteiger partial charge on any atom is -0.464 e. The number of aryl methyl sites for hydroxylation is 2. The predicted octanol–water partition coefficient (Wildman–Crippen LogP) is 3.43. The lowest BCUT2D eigenvalue weighted by Gasteiger charge is -2.22. The van der Waals surface area contributed by atoms with E-state index in [-0.39, 0.29) is 12.6 Å². The predicted molar refractivity (Wildman–Crippen MR) is 93.0 cm³/mol. The summed E-state index contributed by atoms with van der Waals surface area (Å²) < 4.78 is 7.35. The third kappa shape index (κ3) is 3.70. The number of furan rings is 1. The minimum atomic E-state index is -0.317. The Bertz CT molecular complexity index is 918. The molecule has 3 rings (SSSR count). The summed E-state index contributed by atoms with van der Waals surface area (Å²) in [6.07, 6.45) is 3.25. The van der Waals surface area contributed by atoms with Crippen molar-refractivity contribution in [1.29, 1.82) is 5.26 Å². The van der Waals surface area contributed by atoms with Crippen LogP contribution >= 0.6 is 0 Å². The number of anilines is 2. The van der Waals surface area contributed by atoms with Crippen molar-refractivity contribution in [3.8, 4) is 6.07 Å². The second kappa shape index (κ2) is 6.93. The quantitative estimate of drug-likeness (QED) is 0.791. The van der Waals surface area contributed by atoms with Gasteiger partial charge in [-0.15, -0.1) is 0 Å². The summed E-state index contributed by atoms with van der Waals surface area (Å²) in [5.41, 5.74) is 1.14. The molecule has 0 saturated heterocycles. The highest BCUT2D eigenvalue weighted by molar-refractivity contribution is 6.01. The first-order valence-corrected chi connectivity index (χ1v) is 7.67. The molecule has 1 aromatic carbocycles. The Morgan fingerprint density at radius 1 is 1.32 bits per heavy atom. The zero-order valence-corrected chi connectivity index (χ0v) is 13.9. The molecule has 2 aromatic heterocycles. The summed E-state index contributed by atoms with van der Waals surface area (Å²) in [4.78, 5) is 18.4. The number of nitrogens with zero attached hydrogens (tertiary/aromatic N) is 4. The number of urea groups is 1. The first-order valence-electron chi connectivity index (χ1n) is 7.67. The van der Waals surface area contributed by atoms with Crippen molar-refractivity contribution in [1.82, 2.24) is 9.55 Å². The Balaban J connectivity index is 1.83. The molecule has 3 aromatic rings. The molecule has 0 radical (unpaired) electrons. The lowest BCUT2D eigenvalue weighted by molar-refractivity contribution is 0.255. The Morgan fingerprint density at radius 3 is 2.64 bits per heavy atom. The number of carbonyl (C=O) groups is 1. The van der Waals surface area contributed by atoms with Gasteiger partial charge >= 0.3 is 6.03 Å². The number of nitrogens with one attached hydrogen (secondary N) is 1. The van der Waals surface area contributed by atoms with Gasteiger partial charge in [0.2, 0.25) is 0 Å². The number of hydrogen-bond acceptors (Lipinski definition) is 4. The molecule has 0 atom stereocenters. The smallest absolute Gasteiger partial charge is 0.327 e. The van der Waals surface area contributed by atoms with Gasteiger partial charge in [0.05, 0.1) is 30.7 Å². The van der Waals surface area contributed by atoms with Gasteiger partial charge in [0.25, 0.3) is 0 Å². The lowest BCUT2D eigenvalue weighted by Crippen LogP contribution is -2.35. The molecule has 0 aliphatic carbocycles. The number of hydrogen-bond donors (Lipinski definition) is 1. The zero-order valence-electron chi connectivity index (χ0n) is 13.9. The van der Waals surface area contributed by atoms with E-state index in [4.69, 9.17) is 9.68 Å². The van der Waals surface area contributed by atoms with E-state index in [2.05, 4.69) is 10.3 Å². The van der Waals surface area contributed by atoms with Crippen molar-refractivity contribution in [2.45, 2.75) is 13.5 Å². The lowest BCUT2D eigenvalue weighted by atomic mass is 10.2. The number of carbonyl (C=O) groups excluding carboxylic acids is 1. The Morgan fingerprint density at radius 2 is 2.08 bits per heavy atom. The molecule has 2 amide bonds. The minimum absolute atomic E-state index is 0.273. The van der Waals surface area contributed by atoms with E-state index in [9.17, 15) is 4.79 Å². The van der Waals surface area contributed by atoms with Gasteiger partial charge in [-0.25, -0.2) is 9.78 Å². The highest BCUT2D eigenvalue weighted by Crippen LogP contribution is 2.19. The zero-order chi connectivity index (χ0) is 17.8. The number of aromatic nitrogens is 2. The summed E-state index contributed by atoms with van der Waals surface area (Å²) in [7, 11) is 1.82. The maximum atomic E-state index is 12.8. The first-order chi connectivity index (χ1) is 12.1. The van der Waals surface area contributed by atoms with Crippen LogP contribution in [0.15, 0.2) is 53.3 Å². The van der Waals surface area contributed by atoms with Gasteiger partial charge in [0.15, 0.2) is 0 Å². The van der Waals surface area contributed by atoms with Crippen molar-refractivity contribution >= 4 is 17.5 Å². The summed E-state index contributed by atoms with van der Waals surface area (Å²) in [5.74, 6) is 2.10. The van der Waals surface area contributed by atoms with Crippen molar-refractivity contribution in [3.05, 3.63) is 66.0 Å². The van der Waals surface area contributed by atoms with E-state index in [0.29, 0.717) is 22.8 Å². The van der Waals surface area contributed by atoms with Gasteiger partial charge in [-0.2, -0.15) is 5.26 Å². The van der Waals surface area contributed by atoms with Crippen molar-refractivity contribution in [2.24, 2.45) is 7.05 Å². The van der Waals surface area contributed by atoms with E-state index >= 15 is 0 Å². The van der Waals surface area contributed by atoms with Crippen LogP contribution in [0.1, 0.15) is 17.1 Å². The highest BCUT2D eigenvalue weighted by atomic mass is 16.3. The van der Waals surface area contributed by atoms with Crippen LogP contribution in [0, 0.1) is 18.3 Å². The van der Waals surface area contributed by atoms with E-state index in [1.54, 1.807) is 46.3 Å². The molecule has 0 aliphatic rings. The molecule has 0 unspecified atom stereocenters. The first kappa shape index (κ1) is 16.3. The second-order valence-corrected chi connectivity index (χ2v) is 5.58. The number of imidazole rings is 1. The van der Waals surface area contributed by atoms with Gasteiger partial charge in [-0.3, -0.25) is 4.90 Å². The van der Waals surface area contributed by atoms with E-state index in [1.807, 2.05) is 32.2 Å². The van der Waals surface area contributed by atoms with Gasteiger partial charge in [0.1, 0.15) is 17.3 Å².